The first-order valence-corrected chi connectivity index (χ1v) is 8.17. The van der Waals surface area contributed by atoms with Crippen LogP contribution in [0.5, 0.6) is 0 Å². The van der Waals surface area contributed by atoms with E-state index in [9.17, 15) is 9.59 Å². The number of hydrogen-bond donors (Lipinski definition) is 0. The number of rotatable bonds is 6. The molecule has 0 N–H and O–H groups in total. The van der Waals surface area contributed by atoms with Crippen LogP contribution in [0.2, 0.25) is 0 Å². The molecule has 0 aliphatic carbocycles. The van der Waals surface area contributed by atoms with Gasteiger partial charge in [0.15, 0.2) is 0 Å². The number of carbonyl (C=O) groups excluding carboxylic acids is 2. The summed E-state index contributed by atoms with van der Waals surface area (Å²) in [5, 5.41) is 0. The smallest absolute Gasteiger partial charge is 0.355 e. The Kier molecular flexibility index (Phi) is 6.41. The van der Waals surface area contributed by atoms with Crippen LogP contribution in [0.15, 0.2) is 35.5 Å². The first-order chi connectivity index (χ1) is 12.1. The highest BCUT2D eigenvalue weighted by atomic mass is 16.5. The Morgan fingerprint density at radius 2 is 1.68 bits per heavy atom. The molecule has 1 heterocycles. The van der Waals surface area contributed by atoms with Gasteiger partial charge in [-0.3, -0.25) is 0 Å². The lowest BCUT2D eigenvalue weighted by atomic mass is 10.1. The Hall–Kier alpha value is -2.54. The third kappa shape index (κ3) is 3.93. The Balaban J connectivity index is 2.41. The summed E-state index contributed by atoms with van der Waals surface area (Å²) in [6, 6.07) is 7.73. The highest BCUT2D eigenvalue weighted by Crippen LogP contribution is 2.28. The van der Waals surface area contributed by atoms with Crippen molar-refractivity contribution in [1.29, 1.82) is 0 Å². The Labute approximate surface area is 147 Å². The molecular formula is C18H24N2O5. The van der Waals surface area contributed by atoms with Gasteiger partial charge in [-0.05, 0) is 38.1 Å². The van der Waals surface area contributed by atoms with E-state index in [4.69, 9.17) is 14.2 Å². The third-order valence-corrected chi connectivity index (χ3v) is 4.12. The molecule has 0 radical (unpaired) electrons. The van der Waals surface area contributed by atoms with E-state index in [1.165, 1.54) is 14.2 Å². The number of esters is 2. The fourth-order valence-corrected chi connectivity index (χ4v) is 2.78. The van der Waals surface area contributed by atoms with Gasteiger partial charge >= 0.3 is 11.9 Å². The molecule has 0 spiro atoms. The Morgan fingerprint density at radius 3 is 2.20 bits per heavy atom. The first-order valence-electron chi connectivity index (χ1n) is 8.17. The number of benzene rings is 1. The van der Waals surface area contributed by atoms with Crippen molar-refractivity contribution < 1.29 is 23.8 Å². The zero-order valence-electron chi connectivity index (χ0n) is 15.1. The van der Waals surface area contributed by atoms with Crippen LogP contribution in [-0.4, -0.2) is 52.6 Å². The van der Waals surface area contributed by atoms with Crippen molar-refractivity contribution in [1.82, 2.24) is 0 Å². The second-order valence-electron chi connectivity index (χ2n) is 5.40. The van der Waals surface area contributed by atoms with Crippen LogP contribution in [0.1, 0.15) is 13.8 Å². The summed E-state index contributed by atoms with van der Waals surface area (Å²) >= 11 is 0. The molecule has 2 rings (SSSR count). The van der Waals surface area contributed by atoms with Gasteiger partial charge in [-0.1, -0.05) is 0 Å². The highest BCUT2D eigenvalue weighted by Gasteiger charge is 2.32. The van der Waals surface area contributed by atoms with Crippen molar-refractivity contribution in [2.24, 2.45) is 0 Å². The lowest BCUT2D eigenvalue weighted by Gasteiger charge is -2.31. The molecule has 7 heteroatoms. The van der Waals surface area contributed by atoms with E-state index in [1.54, 1.807) is 4.90 Å². The lowest BCUT2D eigenvalue weighted by Crippen LogP contribution is -2.38. The molecule has 1 aliphatic rings. The summed E-state index contributed by atoms with van der Waals surface area (Å²) in [5.74, 6) is -1.21. The van der Waals surface area contributed by atoms with Crippen molar-refractivity contribution in [3.8, 4) is 0 Å². The quantitative estimate of drug-likeness (QED) is 0.728. The van der Waals surface area contributed by atoms with E-state index in [0.717, 1.165) is 24.5 Å². The zero-order chi connectivity index (χ0) is 18.4. The Morgan fingerprint density at radius 1 is 1.08 bits per heavy atom. The van der Waals surface area contributed by atoms with Crippen molar-refractivity contribution in [3.63, 3.8) is 0 Å². The molecule has 0 aromatic heterocycles. The number of ether oxygens (including phenoxy) is 3. The number of nitrogens with zero attached hydrogens (tertiary/aromatic N) is 2. The van der Waals surface area contributed by atoms with Gasteiger partial charge in [0, 0.05) is 24.5 Å². The number of hydrogen-bond acceptors (Lipinski definition) is 7. The largest absolute Gasteiger partial charge is 0.466 e. The van der Waals surface area contributed by atoms with E-state index in [2.05, 4.69) is 18.7 Å². The second-order valence-corrected chi connectivity index (χ2v) is 5.40. The normalized spacial score (nSPS) is 14.3. The molecule has 0 bridgehead atoms. The van der Waals surface area contributed by atoms with Gasteiger partial charge in [-0.25, -0.2) is 9.59 Å². The topological polar surface area (TPSA) is 68.3 Å². The van der Waals surface area contributed by atoms with Crippen molar-refractivity contribution in [2.75, 3.05) is 50.4 Å². The van der Waals surface area contributed by atoms with E-state index in [-0.39, 0.29) is 24.6 Å². The Bertz CT molecular complexity index is 650. The van der Waals surface area contributed by atoms with Crippen LogP contribution in [0.4, 0.5) is 11.4 Å². The standard InChI is InChI=1S/C18H24N2O5/c1-5-19(6-2)13-7-9-14(10-8-13)20-12-25-11-15(17(21)23-3)16(20)18(22)24-4/h7-10H,5-6,11-12H2,1-4H3. The van der Waals surface area contributed by atoms with Crippen LogP contribution < -0.4 is 9.80 Å². The monoisotopic (exact) mass is 348 g/mol. The zero-order valence-corrected chi connectivity index (χ0v) is 15.1. The van der Waals surface area contributed by atoms with Gasteiger partial charge in [0.2, 0.25) is 0 Å². The fraction of sp³-hybridized carbons (Fsp3) is 0.444. The average molecular weight is 348 g/mol. The molecule has 0 unspecified atom stereocenters. The van der Waals surface area contributed by atoms with E-state index < -0.39 is 11.9 Å². The maximum atomic E-state index is 12.3. The van der Waals surface area contributed by atoms with Gasteiger partial charge in [-0.2, -0.15) is 0 Å². The van der Waals surface area contributed by atoms with Crippen LogP contribution >= 0.6 is 0 Å². The summed E-state index contributed by atoms with van der Waals surface area (Å²) in [7, 11) is 2.55. The molecule has 0 saturated carbocycles. The molecular weight excluding hydrogens is 324 g/mol. The molecule has 1 aromatic rings. The van der Waals surface area contributed by atoms with E-state index in [0.29, 0.717) is 0 Å². The maximum Gasteiger partial charge on any atom is 0.355 e. The minimum atomic E-state index is -0.607. The van der Waals surface area contributed by atoms with Crippen LogP contribution in [0.25, 0.3) is 0 Å². The molecule has 0 saturated heterocycles. The van der Waals surface area contributed by atoms with Gasteiger partial charge in [0.25, 0.3) is 0 Å². The number of carbonyl (C=O) groups is 2. The lowest BCUT2D eigenvalue weighted by molar-refractivity contribution is -0.140. The summed E-state index contributed by atoms with van der Waals surface area (Å²) in [6.07, 6.45) is 0. The molecule has 25 heavy (non-hydrogen) atoms. The van der Waals surface area contributed by atoms with Crippen LogP contribution in [0, 0.1) is 0 Å². The maximum absolute atomic E-state index is 12.3. The minimum Gasteiger partial charge on any atom is -0.466 e. The van der Waals surface area contributed by atoms with Crippen molar-refractivity contribution in [3.05, 3.63) is 35.5 Å². The van der Waals surface area contributed by atoms with E-state index >= 15 is 0 Å². The van der Waals surface area contributed by atoms with Crippen molar-refractivity contribution >= 4 is 23.3 Å². The molecule has 1 aromatic carbocycles. The third-order valence-electron chi connectivity index (χ3n) is 4.12. The molecule has 0 amide bonds. The van der Waals surface area contributed by atoms with E-state index in [1.807, 2.05) is 24.3 Å². The van der Waals surface area contributed by atoms with Gasteiger partial charge in [0.1, 0.15) is 12.4 Å². The molecule has 136 valence electrons. The van der Waals surface area contributed by atoms with Crippen molar-refractivity contribution in [2.45, 2.75) is 13.8 Å². The SMILES string of the molecule is CCN(CC)c1ccc(N2COCC(C(=O)OC)=C2C(=O)OC)cc1. The fourth-order valence-electron chi connectivity index (χ4n) is 2.78. The van der Waals surface area contributed by atoms with Crippen LogP contribution in [-0.2, 0) is 23.8 Å². The van der Waals surface area contributed by atoms with Gasteiger partial charge in [0.05, 0.1) is 26.4 Å². The molecule has 7 nitrogen and oxygen atoms in total. The van der Waals surface area contributed by atoms with Gasteiger partial charge < -0.3 is 24.0 Å². The predicted octanol–water partition coefficient (Wildman–Crippen LogP) is 1.93. The average Bonchev–Trinajstić information content (AvgIpc) is 2.67. The van der Waals surface area contributed by atoms with Crippen LogP contribution in [0.3, 0.4) is 0 Å². The minimum absolute atomic E-state index is 0.00510. The summed E-state index contributed by atoms with van der Waals surface area (Å²) < 4.78 is 15.1. The molecule has 0 fully saturated rings. The number of methoxy groups -OCH3 is 2. The summed E-state index contributed by atoms with van der Waals surface area (Å²) in [4.78, 5) is 28.1. The molecule has 1 aliphatic heterocycles. The highest BCUT2D eigenvalue weighted by molar-refractivity contribution is 6.03. The van der Waals surface area contributed by atoms with Gasteiger partial charge in [-0.15, -0.1) is 0 Å². The second kappa shape index (κ2) is 8.53. The first kappa shape index (κ1) is 18.8. The molecule has 0 atom stereocenters. The summed E-state index contributed by atoms with van der Waals surface area (Å²) in [6.45, 7) is 6.15. The summed E-state index contributed by atoms with van der Waals surface area (Å²) in [5.41, 5.74) is 2.12. The number of anilines is 2. The predicted molar refractivity (Wildman–Crippen MR) is 94.4 cm³/mol.